The lowest BCUT2D eigenvalue weighted by Gasteiger charge is -2.30. The van der Waals surface area contributed by atoms with Crippen molar-refractivity contribution in [2.24, 2.45) is 5.73 Å². The van der Waals surface area contributed by atoms with Crippen molar-refractivity contribution in [2.45, 2.75) is 25.6 Å². The van der Waals surface area contributed by atoms with Gasteiger partial charge in [-0.2, -0.15) is 5.26 Å². The molecule has 108 valence electrons. The van der Waals surface area contributed by atoms with Gasteiger partial charge in [-0.1, -0.05) is 18.2 Å². The Morgan fingerprint density at radius 3 is 2.71 bits per heavy atom. The van der Waals surface area contributed by atoms with Gasteiger partial charge in [0, 0.05) is 18.8 Å². The molecular formula is C17H20N4. The molecule has 1 aromatic carbocycles. The van der Waals surface area contributed by atoms with Crippen LogP contribution in [0.25, 0.3) is 0 Å². The van der Waals surface area contributed by atoms with Crippen molar-refractivity contribution in [1.82, 2.24) is 9.88 Å². The number of hydrogen-bond acceptors (Lipinski definition) is 4. The van der Waals surface area contributed by atoms with Crippen LogP contribution in [0.1, 0.15) is 29.8 Å². The topological polar surface area (TPSA) is 65.9 Å². The van der Waals surface area contributed by atoms with Crippen LogP contribution in [-0.4, -0.2) is 23.0 Å². The van der Waals surface area contributed by atoms with Crippen LogP contribution >= 0.6 is 0 Å². The van der Waals surface area contributed by atoms with Gasteiger partial charge < -0.3 is 5.73 Å². The Morgan fingerprint density at radius 1 is 1.29 bits per heavy atom. The van der Waals surface area contributed by atoms with Crippen LogP contribution in [0.3, 0.4) is 0 Å². The fourth-order valence-electron chi connectivity index (χ4n) is 2.57. The van der Waals surface area contributed by atoms with Crippen LogP contribution in [0.15, 0.2) is 48.7 Å². The summed E-state index contributed by atoms with van der Waals surface area (Å²) < 4.78 is 0. The Morgan fingerprint density at radius 2 is 2.10 bits per heavy atom. The third-order valence-electron chi connectivity index (χ3n) is 3.45. The Hall–Kier alpha value is -2.22. The second-order valence-electron chi connectivity index (χ2n) is 5.29. The van der Waals surface area contributed by atoms with E-state index in [4.69, 9.17) is 11.0 Å². The zero-order chi connectivity index (χ0) is 15.2. The van der Waals surface area contributed by atoms with Crippen molar-refractivity contribution in [2.75, 3.05) is 7.05 Å². The van der Waals surface area contributed by atoms with Crippen molar-refractivity contribution < 1.29 is 0 Å². The molecule has 0 bridgehead atoms. The van der Waals surface area contributed by atoms with Gasteiger partial charge in [-0.25, -0.2) is 0 Å². The van der Waals surface area contributed by atoms with Crippen molar-refractivity contribution in [3.05, 3.63) is 65.5 Å². The smallest absolute Gasteiger partial charge is 0.0991 e. The van der Waals surface area contributed by atoms with Gasteiger partial charge in [-0.15, -0.1) is 0 Å². The van der Waals surface area contributed by atoms with Gasteiger partial charge in [-0.3, -0.25) is 9.88 Å². The highest BCUT2D eigenvalue weighted by molar-refractivity contribution is 5.32. The van der Waals surface area contributed by atoms with E-state index in [2.05, 4.69) is 16.0 Å². The number of rotatable bonds is 5. The summed E-state index contributed by atoms with van der Waals surface area (Å²) in [6.07, 6.45) is 1.79. The normalized spacial score (nSPS) is 13.7. The summed E-state index contributed by atoms with van der Waals surface area (Å²) >= 11 is 0. The fraction of sp³-hybridized carbons (Fsp3) is 0.294. The largest absolute Gasteiger partial charge is 0.326 e. The van der Waals surface area contributed by atoms with Crippen molar-refractivity contribution in [3.63, 3.8) is 0 Å². The Labute approximate surface area is 125 Å². The molecule has 0 radical (unpaired) electrons. The van der Waals surface area contributed by atoms with Crippen LogP contribution in [-0.2, 0) is 6.54 Å². The third-order valence-corrected chi connectivity index (χ3v) is 3.45. The van der Waals surface area contributed by atoms with E-state index in [0.717, 1.165) is 17.8 Å². The highest BCUT2D eigenvalue weighted by Gasteiger charge is 2.22. The van der Waals surface area contributed by atoms with Crippen molar-refractivity contribution >= 4 is 0 Å². The Kier molecular flexibility index (Phi) is 5.04. The fourth-order valence-corrected chi connectivity index (χ4v) is 2.57. The highest BCUT2D eigenvalue weighted by Crippen LogP contribution is 2.22. The van der Waals surface area contributed by atoms with Gasteiger partial charge in [0.15, 0.2) is 0 Å². The lowest BCUT2D eigenvalue weighted by atomic mass is 10.0. The van der Waals surface area contributed by atoms with Gasteiger partial charge in [0.05, 0.1) is 23.4 Å². The zero-order valence-corrected chi connectivity index (χ0v) is 12.4. The molecule has 0 spiro atoms. The maximum absolute atomic E-state index is 8.98. The second-order valence-corrected chi connectivity index (χ2v) is 5.29. The number of nitriles is 1. The molecule has 0 amide bonds. The molecule has 4 heteroatoms. The first-order chi connectivity index (χ1) is 10.1. The van der Waals surface area contributed by atoms with Gasteiger partial charge >= 0.3 is 0 Å². The highest BCUT2D eigenvalue weighted by atomic mass is 15.2. The van der Waals surface area contributed by atoms with E-state index in [9.17, 15) is 0 Å². The average molecular weight is 280 g/mol. The van der Waals surface area contributed by atoms with E-state index >= 15 is 0 Å². The number of likely N-dealkylation sites (N-methyl/N-ethyl adjacent to an activating group) is 1. The number of nitrogens with two attached hydrogens (primary N) is 1. The summed E-state index contributed by atoms with van der Waals surface area (Å²) in [5.41, 5.74) is 8.88. The van der Waals surface area contributed by atoms with E-state index in [1.807, 2.05) is 56.4 Å². The minimum Gasteiger partial charge on any atom is -0.326 e. The molecule has 0 aliphatic carbocycles. The summed E-state index contributed by atoms with van der Waals surface area (Å²) in [5.74, 6) is 0. The van der Waals surface area contributed by atoms with Crippen molar-refractivity contribution in [1.29, 1.82) is 5.26 Å². The first-order valence-electron chi connectivity index (χ1n) is 6.97. The molecule has 0 saturated heterocycles. The molecule has 0 saturated carbocycles. The standard InChI is InChI=1S/C17H20N4/c1-13(19)17(16-8-3-4-9-20-16)21(2)12-15-7-5-6-14(10-15)11-18/h3-10,13,17H,12,19H2,1-2H3. The van der Waals surface area contributed by atoms with E-state index in [1.54, 1.807) is 6.20 Å². The molecule has 2 N–H and O–H groups in total. The maximum Gasteiger partial charge on any atom is 0.0991 e. The summed E-state index contributed by atoms with van der Waals surface area (Å²) in [5, 5.41) is 8.98. The van der Waals surface area contributed by atoms with E-state index < -0.39 is 0 Å². The van der Waals surface area contributed by atoms with Gasteiger partial charge in [0.2, 0.25) is 0 Å². The quantitative estimate of drug-likeness (QED) is 0.913. The molecule has 1 aromatic heterocycles. The lowest BCUT2D eigenvalue weighted by Crippen LogP contribution is -2.37. The molecule has 0 fully saturated rings. The molecule has 0 aliphatic heterocycles. The second kappa shape index (κ2) is 6.98. The number of pyridine rings is 1. The molecule has 0 aliphatic rings. The summed E-state index contributed by atoms with van der Waals surface area (Å²) in [6.45, 7) is 2.71. The Balaban J connectivity index is 2.20. The molecular weight excluding hydrogens is 260 g/mol. The predicted molar refractivity (Wildman–Crippen MR) is 83.3 cm³/mol. The van der Waals surface area contributed by atoms with Gasteiger partial charge in [-0.05, 0) is 43.8 Å². The monoisotopic (exact) mass is 280 g/mol. The van der Waals surface area contributed by atoms with E-state index in [0.29, 0.717) is 5.56 Å². The van der Waals surface area contributed by atoms with Crippen LogP contribution in [0, 0.1) is 11.3 Å². The molecule has 2 unspecified atom stereocenters. The van der Waals surface area contributed by atoms with Gasteiger partial charge in [0.1, 0.15) is 0 Å². The molecule has 2 rings (SSSR count). The van der Waals surface area contributed by atoms with E-state index in [-0.39, 0.29) is 12.1 Å². The molecule has 1 heterocycles. The minimum atomic E-state index is -0.0379. The minimum absolute atomic E-state index is 0.0379. The average Bonchev–Trinajstić information content (AvgIpc) is 2.48. The Bertz CT molecular complexity index is 616. The van der Waals surface area contributed by atoms with E-state index in [1.165, 1.54) is 0 Å². The molecule has 2 atom stereocenters. The SMILES string of the molecule is CC(N)C(c1ccccn1)N(C)Cc1cccc(C#N)c1. The molecule has 4 nitrogen and oxygen atoms in total. The lowest BCUT2D eigenvalue weighted by molar-refractivity contribution is 0.206. The number of nitrogens with zero attached hydrogens (tertiary/aromatic N) is 3. The van der Waals surface area contributed by atoms with Crippen LogP contribution in [0.2, 0.25) is 0 Å². The summed E-state index contributed by atoms with van der Waals surface area (Å²) in [6, 6.07) is 15.7. The maximum atomic E-state index is 8.98. The number of aromatic nitrogens is 1. The van der Waals surface area contributed by atoms with Crippen molar-refractivity contribution in [3.8, 4) is 6.07 Å². The third kappa shape index (κ3) is 3.88. The predicted octanol–water partition coefficient (Wildman–Crippen LogP) is 2.47. The first-order valence-corrected chi connectivity index (χ1v) is 6.97. The summed E-state index contributed by atoms with van der Waals surface area (Å²) in [7, 11) is 2.03. The summed E-state index contributed by atoms with van der Waals surface area (Å²) in [4.78, 5) is 6.59. The van der Waals surface area contributed by atoms with Crippen LogP contribution in [0.5, 0.6) is 0 Å². The molecule has 2 aromatic rings. The number of benzene rings is 1. The van der Waals surface area contributed by atoms with Gasteiger partial charge in [0.25, 0.3) is 0 Å². The zero-order valence-electron chi connectivity index (χ0n) is 12.4. The first kappa shape index (κ1) is 15.2. The van der Waals surface area contributed by atoms with Crippen LogP contribution in [0.4, 0.5) is 0 Å². The number of hydrogen-bond donors (Lipinski definition) is 1. The molecule has 21 heavy (non-hydrogen) atoms. The van der Waals surface area contributed by atoms with Crippen LogP contribution < -0.4 is 5.73 Å².